The van der Waals surface area contributed by atoms with Crippen LogP contribution in [-0.2, 0) is 0 Å². The van der Waals surface area contributed by atoms with Crippen LogP contribution in [0.4, 0.5) is 0 Å². The number of aliphatic hydroxyl groups excluding tert-OH is 1. The molecule has 1 aliphatic heterocycles. The fourth-order valence-electron chi connectivity index (χ4n) is 4.24. The zero-order chi connectivity index (χ0) is 25.5. The highest BCUT2D eigenvalue weighted by Gasteiger charge is 2.21. The third-order valence-corrected chi connectivity index (χ3v) is 6.37. The van der Waals surface area contributed by atoms with Crippen LogP contribution in [0.15, 0.2) is 59.3 Å². The molecule has 9 heteroatoms. The van der Waals surface area contributed by atoms with E-state index in [1.54, 1.807) is 23.3 Å². The largest absolute Gasteiger partial charge is 0.369 e. The van der Waals surface area contributed by atoms with Crippen molar-refractivity contribution in [3.8, 4) is 11.8 Å². The predicted octanol–water partition coefficient (Wildman–Crippen LogP) is 2.17. The zero-order valence-electron chi connectivity index (χ0n) is 20.9. The van der Waals surface area contributed by atoms with Crippen LogP contribution < -0.4 is 5.32 Å². The van der Waals surface area contributed by atoms with Crippen LogP contribution in [0.1, 0.15) is 42.2 Å². The molecule has 1 fully saturated rings. The van der Waals surface area contributed by atoms with Gasteiger partial charge < -0.3 is 15.3 Å². The second kappa shape index (κ2) is 12.0. The van der Waals surface area contributed by atoms with Crippen molar-refractivity contribution in [2.45, 2.75) is 25.4 Å². The molecule has 1 unspecified atom stereocenters. The van der Waals surface area contributed by atoms with E-state index in [1.807, 2.05) is 31.2 Å². The van der Waals surface area contributed by atoms with Gasteiger partial charge >= 0.3 is 0 Å². The molecule has 2 atom stereocenters. The number of imidazole rings is 1. The summed E-state index contributed by atoms with van der Waals surface area (Å²) < 4.78 is 1.57. The number of nitrogens with one attached hydrogen (secondary N) is 1. The zero-order valence-corrected chi connectivity index (χ0v) is 20.9. The number of hydrogen-bond acceptors (Lipinski definition) is 7. The van der Waals surface area contributed by atoms with Crippen molar-refractivity contribution in [3.05, 3.63) is 76.8 Å². The first kappa shape index (κ1) is 25.6. The molecule has 2 aromatic heterocycles. The van der Waals surface area contributed by atoms with Gasteiger partial charge in [-0.15, -0.1) is 0 Å². The quantitative estimate of drug-likeness (QED) is 0.273. The molecule has 8 nitrogen and oxygen atoms in total. The van der Waals surface area contributed by atoms with Crippen LogP contribution >= 0.6 is 0 Å². The van der Waals surface area contributed by atoms with Crippen molar-refractivity contribution >= 4 is 20.6 Å². The summed E-state index contributed by atoms with van der Waals surface area (Å²) in [5, 5.41) is 18.0. The van der Waals surface area contributed by atoms with E-state index in [2.05, 4.69) is 61.9 Å². The number of allylic oxidation sites excluding steroid dienone is 4. The third kappa shape index (κ3) is 6.40. The first-order valence-electron chi connectivity index (χ1n) is 12.1. The highest BCUT2D eigenvalue weighted by Crippen LogP contribution is 2.28. The van der Waals surface area contributed by atoms with E-state index >= 15 is 0 Å². The van der Waals surface area contributed by atoms with E-state index in [0.717, 1.165) is 38.4 Å². The van der Waals surface area contributed by atoms with Gasteiger partial charge in [0.2, 0.25) is 0 Å². The third-order valence-electron chi connectivity index (χ3n) is 6.37. The van der Waals surface area contributed by atoms with Crippen molar-refractivity contribution in [1.82, 2.24) is 29.8 Å². The molecule has 2 radical (unpaired) electrons. The summed E-state index contributed by atoms with van der Waals surface area (Å²) in [6.07, 6.45) is 12.5. The minimum atomic E-state index is -0.924. The molecular weight excluding hydrogens is 449 g/mol. The molecule has 2 aliphatic rings. The van der Waals surface area contributed by atoms with Crippen LogP contribution in [0.5, 0.6) is 0 Å². The van der Waals surface area contributed by atoms with Gasteiger partial charge in [-0.2, -0.15) is 5.10 Å². The van der Waals surface area contributed by atoms with Crippen molar-refractivity contribution in [1.29, 1.82) is 0 Å². The van der Waals surface area contributed by atoms with Gasteiger partial charge in [-0.05, 0) is 44.5 Å². The monoisotopic (exact) mass is 481 g/mol. The van der Waals surface area contributed by atoms with E-state index in [-0.39, 0.29) is 5.82 Å². The molecule has 0 bridgehead atoms. The number of rotatable bonds is 7. The molecule has 0 saturated carbocycles. The number of likely N-dealkylation sites (N-methyl/N-ethyl adjacent to an activating group) is 1. The van der Waals surface area contributed by atoms with Gasteiger partial charge in [-0.3, -0.25) is 9.88 Å². The Kier molecular flexibility index (Phi) is 8.54. The van der Waals surface area contributed by atoms with Gasteiger partial charge in [-0.1, -0.05) is 29.5 Å². The highest BCUT2D eigenvalue weighted by molar-refractivity contribution is 6.14. The van der Waals surface area contributed by atoms with E-state index in [0.29, 0.717) is 29.1 Å². The second-order valence-electron chi connectivity index (χ2n) is 9.08. The molecule has 2 N–H and O–H groups in total. The van der Waals surface area contributed by atoms with Crippen molar-refractivity contribution in [2.24, 2.45) is 5.10 Å². The van der Waals surface area contributed by atoms with E-state index in [1.165, 1.54) is 5.57 Å². The number of aliphatic hydroxyl groups is 1. The molecule has 0 aromatic carbocycles. The highest BCUT2D eigenvalue weighted by atomic mass is 16.3. The first-order chi connectivity index (χ1) is 17.5. The minimum absolute atomic E-state index is 0.0737. The fourth-order valence-corrected chi connectivity index (χ4v) is 4.24. The molecule has 0 amide bonds. The van der Waals surface area contributed by atoms with Crippen LogP contribution in [-0.4, -0.2) is 83.9 Å². The SMILES string of the molecule is [B][C@@H]1CC(NC(O)c2cncc(C#Cc3cnc(/C=C\C)n3N=C)c2)=CC=C1CN1CCN(C)CC1. The average Bonchev–Trinajstić information content (AvgIpc) is 3.27. The Morgan fingerprint density at radius 1 is 1.25 bits per heavy atom. The first-order valence-corrected chi connectivity index (χ1v) is 12.1. The maximum absolute atomic E-state index is 10.8. The van der Waals surface area contributed by atoms with Crippen LogP contribution in [0.25, 0.3) is 6.08 Å². The summed E-state index contributed by atoms with van der Waals surface area (Å²) in [6.45, 7) is 10.7. The Labute approximate surface area is 214 Å². The summed E-state index contributed by atoms with van der Waals surface area (Å²) in [6, 6.07) is 1.81. The van der Waals surface area contributed by atoms with E-state index in [9.17, 15) is 5.11 Å². The average molecular weight is 481 g/mol. The lowest BCUT2D eigenvalue weighted by Gasteiger charge is -2.35. The molecule has 2 aromatic rings. The van der Waals surface area contributed by atoms with Gasteiger partial charge in [0, 0.05) is 68.7 Å². The fraction of sp³-hybridized carbons (Fsp3) is 0.370. The van der Waals surface area contributed by atoms with Gasteiger partial charge in [0.1, 0.15) is 5.69 Å². The standard InChI is InChI=1S/C27H32BN7O/c1-4-5-26-31-18-24(35(26)29-2)9-6-20-14-22(17-30-16-20)27(36)32-23-8-7-21(25(28)15-23)19-34-12-10-33(3)11-13-34/h4-5,7-8,14,16-18,25,27,32,36H,2,10-13,15,19H2,1,3H3/b5-4-/t25-,27?/m1/s1. The number of aromatic nitrogens is 3. The normalized spacial score (nSPS) is 19.8. The molecule has 184 valence electrons. The van der Waals surface area contributed by atoms with Gasteiger partial charge in [0.25, 0.3) is 0 Å². The lowest BCUT2D eigenvalue weighted by molar-refractivity contribution is 0.149. The Bertz CT molecular complexity index is 1230. The second-order valence-corrected chi connectivity index (χ2v) is 9.08. The van der Waals surface area contributed by atoms with Gasteiger partial charge in [-0.25, -0.2) is 9.66 Å². The maximum Gasteiger partial charge on any atom is 0.154 e. The summed E-state index contributed by atoms with van der Waals surface area (Å²) in [4.78, 5) is 13.3. The Hall–Kier alpha value is -3.45. The predicted molar refractivity (Wildman–Crippen MR) is 144 cm³/mol. The topological polar surface area (TPSA) is 81.8 Å². The molecule has 3 heterocycles. The molecule has 1 saturated heterocycles. The van der Waals surface area contributed by atoms with Crippen LogP contribution in [0.2, 0.25) is 5.82 Å². The Morgan fingerprint density at radius 2 is 2.06 bits per heavy atom. The number of hydrogen-bond donors (Lipinski definition) is 2. The summed E-state index contributed by atoms with van der Waals surface area (Å²) in [7, 11) is 8.63. The van der Waals surface area contributed by atoms with E-state index in [4.69, 9.17) is 7.85 Å². The smallest absolute Gasteiger partial charge is 0.154 e. The van der Waals surface area contributed by atoms with Crippen molar-refractivity contribution in [2.75, 3.05) is 39.8 Å². The van der Waals surface area contributed by atoms with Crippen molar-refractivity contribution in [3.63, 3.8) is 0 Å². The lowest BCUT2D eigenvalue weighted by atomic mass is 9.74. The Morgan fingerprint density at radius 3 is 2.78 bits per heavy atom. The molecule has 36 heavy (non-hydrogen) atoms. The molecule has 4 rings (SSSR count). The van der Waals surface area contributed by atoms with Gasteiger partial charge in [0.05, 0.1) is 14.0 Å². The number of piperazine rings is 1. The van der Waals surface area contributed by atoms with Crippen LogP contribution in [0, 0.1) is 11.8 Å². The summed E-state index contributed by atoms with van der Waals surface area (Å²) in [5.74, 6) is 6.70. The molecule has 0 spiro atoms. The summed E-state index contributed by atoms with van der Waals surface area (Å²) in [5.41, 5.74) is 4.02. The van der Waals surface area contributed by atoms with Crippen molar-refractivity contribution < 1.29 is 5.11 Å². The van der Waals surface area contributed by atoms with E-state index < -0.39 is 6.23 Å². The van der Waals surface area contributed by atoms with Gasteiger partial charge in [0.15, 0.2) is 12.1 Å². The maximum atomic E-state index is 10.8. The number of nitrogens with zero attached hydrogens (tertiary/aromatic N) is 6. The molecule has 1 aliphatic carbocycles. The molecular formula is C27H32BN7O. The lowest BCUT2D eigenvalue weighted by Crippen LogP contribution is -2.45. The Balaban J connectivity index is 1.41. The number of pyridine rings is 1. The summed E-state index contributed by atoms with van der Waals surface area (Å²) >= 11 is 0. The minimum Gasteiger partial charge on any atom is -0.369 e. The van der Waals surface area contributed by atoms with Crippen LogP contribution in [0.3, 0.4) is 0 Å².